The third-order valence-electron chi connectivity index (χ3n) is 4.35. The molecule has 6 nitrogen and oxygen atoms in total. The number of nitrogens with zero attached hydrogens (tertiary/aromatic N) is 1. The highest BCUT2D eigenvalue weighted by Gasteiger charge is 2.08. The summed E-state index contributed by atoms with van der Waals surface area (Å²) in [5.41, 5.74) is 2.56. The molecule has 0 fully saturated rings. The van der Waals surface area contributed by atoms with E-state index in [2.05, 4.69) is 5.32 Å². The zero-order chi connectivity index (χ0) is 20.4. The topological polar surface area (TPSA) is 78.9 Å². The molecule has 2 N–H and O–H groups in total. The molecule has 0 bridgehead atoms. The Hall–Kier alpha value is -3.02. The van der Waals surface area contributed by atoms with Gasteiger partial charge in [-0.3, -0.25) is 9.59 Å². The third-order valence-corrected chi connectivity index (χ3v) is 4.35. The van der Waals surface area contributed by atoms with E-state index in [9.17, 15) is 9.59 Å². The standard InChI is InChI=1S/C22H28N2O4/c1-24(2)19-13-11-17(12-14-19)22(27)23-16-18-8-5-6-9-20(18)28-15-7-3-4-10-21(25)26/h5-6,8-9,11-14H,3-4,7,10,15-16H2,1-2H3,(H,23,27)(H,25,26). The monoisotopic (exact) mass is 384 g/mol. The second kappa shape index (κ2) is 11.0. The smallest absolute Gasteiger partial charge is 0.303 e. The second-order valence-electron chi connectivity index (χ2n) is 6.78. The van der Waals surface area contributed by atoms with Crippen molar-refractivity contribution in [2.75, 3.05) is 25.6 Å². The highest BCUT2D eigenvalue weighted by molar-refractivity contribution is 5.94. The van der Waals surface area contributed by atoms with Crippen LogP contribution in [0, 0.1) is 0 Å². The first-order valence-electron chi connectivity index (χ1n) is 9.45. The Balaban J connectivity index is 1.83. The van der Waals surface area contributed by atoms with E-state index in [1.54, 1.807) is 0 Å². The predicted molar refractivity (Wildman–Crippen MR) is 110 cm³/mol. The molecule has 0 heterocycles. The first kappa shape index (κ1) is 21.3. The molecule has 150 valence electrons. The maximum Gasteiger partial charge on any atom is 0.303 e. The molecule has 0 aliphatic carbocycles. The predicted octanol–water partition coefficient (Wildman–Crippen LogP) is 3.71. The molecule has 2 aromatic rings. The summed E-state index contributed by atoms with van der Waals surface area (Å²) in [6, 6.07) is 15.1. The number of carbonyl (C=O) groups is 2. The molecule has 0 unspecified atom stereocenters. The van der Waals surface area contributed by atoms with Crippen molar-refractivity contribution in [1.29, 1.82) is 0 Å². The number of aliphatic carboxylic acids is 1. The molecule has 0 radical (unpaired) electrons. The van der Waals surface area contributed by atoms with E-state index in [1.165, 1.54) is 0 Å². The van der Waals surface area contributed by atoms with Gasteiger partial charge in [-0.2, -0.15) is 0 Å². The molecule has 6 heteroatoms. The van der Waals surface area contributed by atoms with Gasteiger partial charge in [0.2, 0.25) is 0 Å². The average Bonchev–Trinajstić information content (AvgIpc) is 2.69. The number of nitrogens with one attached hydrogen (secondary N) is 1. The number of benzene rings is 2. The molecule has 28 heavy (non-hydrogen) atoms. The summed E-state index contributed by atoms with van der Waals surface area (Å²) in [5, 5.41) is 11.6. The molecule has 2 rings (SSSR count). The zero-order valence-corrected chi connectivity index (χ0v) is 16.5. The molecule has 0 atom stereocenters. The fraction of sp³-hybridized carbons (Fsp3) is 0.364. The number of hydrogen-bond donors (Lipinski definition) is 2. The molecule has 2 aromatic carbocycles. The van der Waals surface area contributed by atoms with Crippen LogP contribution in [-0.2, 0) is 11.3 Å². The van der Waals surface area contributed by atoms with Crippen LogP contribution in [0.5, 0.6) is 5.75 Å². The maximum absolute atomic E-state index is 12.4. The summed E-state index contributed by atoms with van der Waals surface area (Å²) in [6.07, 6.45) is 2.46. The van der Waals surface area contributed by atoms with Crippen LogP contribution in [0.3, 0.4) is 0 Å². The molecule has 0 aromatic heterocycles. The highest BCUT2D eigenvalue weighted by atomic mass is 16.5. The van der Waals surface area contributed by atoms with Crippen LogP contribution in [-0.4, -0.2) is 37.7 Å². The number of carbonyl (C=O) groups excluding carboxylic acids is 1. The Morgan fingerprint density at radius 3 is 2.39 bits per heavy atom. The molecule has 0 aliphatic heterocycles. The largest absolute Gasteiger partial charge is 0.493 e. The molecule has 0 saturated heterocycles. The van der Waals surface area contributed by atoms with E-state index in [-0.39, 0.29) is 12.3 Å². The summed E-state index contributed by atoms with van der Waals surface area (Å²) < 4.78 is 5.82. The molecular formula is C22H28N2O4. The first-order valence-corrected chi connectivity index (χ1v) is 9.45. The van der Waals surface area contributed by atoms with Crippen LogP contribution in [0.1, 0.15) is 41.6 Å². The van der Waals surface area contributed by atoms with Gasteiger partial charge in [-0.05, 0) is 49.6 Å². The number of rotatable bonds is 11. The lowest BCUT2D eigenvalue weighted by Crippen LogP contribution is -2.23. The van der Waals surface area contributed by atoms with Gasteiger partial charge in [0.05, 0.1) is 6.61 Å². The van der Waals surface area contributed by atoms with Crippen LogP contribution in [0.25, 0.3) is 0 Å². The first-order chi connectivity index (χ1) is 13.5. The maximum atomic E-state index is 12.4. The fourth-order valence-corrected chi connectivity index (χ4v) is 2.72. The van der Waals surface area contributed by atoms with Crippen molar-refractivity contribution in [2.24, 2.45) is 0 Å². The van der Waals surface area contributed by atoms with Crippen molar-refractivity contribution < 1.29 is 19.4 Å². The third kappa shape index (κ3) is 6.95. The van der Waals surface area contributed by atoms with Crippen molar-refractivity contribution in [3.8, 4) is 5.75 Å². The van der Waals surface area contributed by atoms with Crippen molar-refractivity contribution >= 4 is 17.6 Å². The lowest BCUT2D eigenvalue weighted by atomic mass is 10.1. The van der Waals surface area contributed by atoms with Crippen molar-refractivity contribution in [2.45, 2.75) is 32.2 Å². The van der Waals surface area contributed by atoms with Crippen LogP contribution >= 0.6 is 0 Å². The lowest BCUT2D eigenvalue weighted by molar-refractivity contribution is -0.137. The van der Waals surface area contributed by atoms with E-state index in [4.69, 9.17) is 9.84 Å². The number of amides is 1. The zero-order valence-electron chi connectivity index (χ0n) is 16.5. The van der Waals surface area contributed by atoms with Gasteiger partial charge in [-0.25, -0.2) is 0 Å². The van der Waals surface area contributed by atoms with Gasteiger partial charge in [-0.1, -0.05) is 18.2 Å². The number of carboxylic acids is 1. The Kier molecular flexibility index (Phi) is 8.34. The average molecular weight is 384 g/mol. The number of ether oxygens (including phenoxy) is 1. The van der Waals surface area contributed by atoms with Crippen molar-refractivity contribution in [1.82, 2.24) is 5.32 Å². The Labute approximate surface area is 166 Å². The molecular weight excluding hydrogens is 356 g/mol. The highest BCUT2D eigenvalue weighted by Crippen LogP contribution is 2.19. The quantitative estimate of drug-likeness (QED) is 0.578. The van der Waals surface area contributed by atoms with E-state index < -0.39 is 5.97 Å². The van der Waals surface area contributed by atoms with Crippen molar-refractivity contribution in [3.05, 3.63) is 59.7 Å². The molecule has 0 saturated carbocycles. The van der Waals surface area contributed by atoms with Gasteiger partial charge < -0.3 is 20.1 Å². The van der Waals surface area contributed by atoms with Gasteiger partial charge >= 0.3 is 5.97 Å². The molecule has 0 spiro atoms. The molecule has 0 aliphatic rings. The van der Waals surface area contributed by atoms with Crippen LogP contribution in [0.4, 0.5) is 5.69 Å². The van der Waals surface area contributed by atoms with Gasteiger partial charge in [-0.15, -0.1) is 0 Å². The summed E-state index contributed by atoms with van der Waals surface area (Å²) in [7, 11) is 3.91. The van der Waals surface area contributed by atoms with Crippen molar-refractivity contribution in [3.63, 3.8) is 0 Å². The van der Waals surface area contributed by atoms with Crippen LogP contribution < -0.4 is 15.0 Å². The second-order valence-corrected chi connectivity index (χ2v) is 6.78. The number of para-hydroxylation sites is 1. The summed E-state index contributed by atoms with van der Waals surface area (Å²) in [6.45, 7) is 0.903. The van der Waals surface area contributed by atoms with Gasteiger partial charge in [0.25, 0.3) is 5.91 Å². The van der Waals surface area contributed by atoms with Gasteiger partial charge in [0.15, 0.2) is 0 Å². The minimum atomic E-state index is -0.765. The van der Waals surface area contributed by atoms with Gasteiger partial charge in [0.1, 0.15) is 5.75 Å². The normalized spacial score (nSPS) is 10.4. The summed E-state index contributed by atoms with van der Waals surface area (Å²) >= 11 is 0. The SMILES string of the molecule is CN(C)c1ccc(C(=O)NCc2ccccc2OCCCCCC(=O)O)cc1. The van der Waals surface area contributed by atoms with E-state index >= 15 is 0 Å². The van der Waals surface area contributed by atoms with Crippen LogP contribution in [0.2, 0.25) is 0 Å². The molecule has 1 amide bonds. The van der Waals surface area contributed by atoms with E-state index in [0.29, 0.717) is 25.1 Å². The number of hydrogen-bond acceptors (Lipinski definition) is 4. The lowest BCUT2D eigenvalue weighted by Gasteiger charge is -2.14. The number of anilines is 1. The van der Waals surface area contributed by atoms with E-state index in [0.717, 1.165) is 29.8 Å². The summed E-state index contributed by atoms with van der Waals surface area (Å²) in [5.74, 6) is -0.156. The number of unbranched alkanes of at least 4 members (excludes halogenated alkanes) is 2. The van der Waals surface area contributed by atoms with Crippen LogP contribution in [0.15, 0.2) is 48.5 Å². The Morgan fingerprint density at radius 1 is 1.00 bits per heavy atom. The minimum absolute atomic E-state index is 0.131. The van der Waals surface area contributed by atoms with Gasteiger partial charge in [0, 0.05) is 43.9 Å². The number of carboxylic acid groups (broad SMARTS) is 1. The van der Waals surface area contributed by atoms with E-state index in [1.807, 2.05) is 67.5 Å². The fourth-order valence-electron chi connectivity index (χ4n) is 2.72. The Morgan fingerprint density at radius 2 is 1.71 bits per heavy atom. The minimum Gasteiger partial charge on any atom is -0.493 e. The summed E-state index contributed by atoms with van der Waals surface area (Å²) in [4.78, 5) is 24.9. The Bertz CT molecular complexity index is 772.